The quantitative estimate of drug-likeness (QED) is 0.140. The summed E-state index contributed by atoms with van der Waals surface area (Å²) in [5.74, 6) is 1.71. The molecule has 0 aromatic heterocycles. The van der Waals surface area contributed by atoms with Gasteiger partial charge in [0, 0.05) is 0 Å². The van der Waals surface area contributed by atoms with E-state index in [1.807, 2.05) is 12.4 Å². The van der Waals surface area contributed by atoms with E-state index in [1.54, 1.807) is 0 Å². The maximum absolute atomic E-state index is 4.28. The molecular weight excluding hydrogens is 424 g/mol. The van der Waals surface area contributed by atoms with Gasteiger partial charge in [-0.2, -0.15) is 10.2 Å². The number of unbranched alkanes of at least 4 members (excludes halogenated alkanes) is 7. The van der Waals surface area contributed by atoms with Gasteiger partial charge in [0.05, 0.1) is 12.4 Å². The van der Waals surface area contributed by atoms with Crippen LogP contribution in [-0.2, 0) is 6.42 Å². The molecule has 2 nitrogen and oxygen atoms in total. The molecule has 0 unspecified atom stereocenters. The van der Waals surface area contributed by atoms with Gasteiger partial charge in [0.1, 0.15) is 0 Å². The molecule has 35 heavy (non-hydrogen) atoms. The summed E-state index contributed by atoms with van der Waals surface area (Å²) in [6, 6.07) is 17.7. The van der Waals surface area contributed by atoms with Crippen molar-refractivity contribution >= 4 is 12.4 Å². The Labute approximate surface area is 215 Å². The Morgan fingerprint density at radius 1 is 0.629 bits per heavy atom. The fraction of sp³-hybridized carbons (Fsp3) is 0.576. The molecule has 0 N–H and O–H groups in total. The van der Waals surface area contributed by atoms with Gasteiger partial charge in [-0.15, -0.1) is 0 Å². The van der Waals surface area contributed by atoms with Crippen molar-refractivity contribution < 1.29 is 0 Å². The summed E-state index contributed by atoms with van der Waals surface area (Å²) in [6.45, 7) is 4.56. The zero-order chi connectivity index (χ0) is 24.6. The first-order valence-electron chi connectivity index (χ1n) is 14.5. The van der Waals surface area contributed by atoms with Gasteiger partial charge in [-0.25, -0.2) is 0 Å². The Morgan fingerprint density at radius 2 is 1.17 bits per heavy atom. The minimum absolute atomic E-state index is 0.741. The standard InChI is InChI=1S/C33H48N2/c1-3-5-7-9-11-13-28-14-16-30(17-15-28)26-34-35-27-31-20-24-33(25-21-31)32-22-18-29(19-23-32)12-10-8-6-4-2/h14-17,20-21,24-27,29,32H,3-13,18-19,22-23H2,1-2H3/b34-26+,35-27+. The van der Waals surface area contributed by atoms with Crippen LogP contribution in [0.5, 0.6) is 0 Å². The molecule has 0 atom stereocenters. The summed E-state index contributed by atoms with van der Waals surface area (Å²) < 4.78 is 0. The Balaban J connectivity index is 1.37. The third-order valence-electron chi connectivity index (χ3n) is 7.75. The average Bonchev–Trinajstić information content (AvgIpc) is 2.90. The first kappa shape index (κ1) is 27.4. The third kappa shape index (κ3) is 10.5. The first-order chi connectivity index (χ1) is 17.3. The third-order valence-corrected chi connectivity index (χ3v) is 7.75. The summed E-state index contributed by atoms with van der Waals surface area (Å²) in [5.41, 5.74) is 5.14. The first-order valence-corrected chi connectivity index (χ1v) is 14.5. The normalized spacial score (nSPS) is 18.6. The molecule has 1 saturated carbocycles. The van der Waals surface area contributed by atoms with Gasteiger partial charge in [0.2, 0.25) is 0 Å². The minimum atomic E-state index is 0.741. The zero-order valence-corrected chi connectivity index (χ0v) is 22.4. The SMILES string of the molecule is CCCCCCCc1ccc(/C=N/N=C/c2ccc(C3CCC(CCCCCC)CC3)cc2)cc1. The van der Waals surface area contributed by atoms with Gasteiger partial charge in [-0.1, -0.05) is 120 Å². The second-order valence-electron chi connectivity index (χ2n) is 10.6. The summed E-state index contributed by atoms with van der Waals surface area (Å²) in [7, 11) is 0. The topological polar surface area (TPSA) is 24.7 Å². The molecule has 190 valence electrons. The molecule has 0 aliphatic heterocycles. The molecule has 2 aromatic rings. The molecular formula is C33H48N2. The fourth-order valence-electron chi connectivity index (χ4n) is 5.40. The maximum Gasteiger partial charge on any atom is 0.0568 e. The number of rotatable bonds is 15. The number of nitrogens with zero attached hydrogens (tertiary/aromatic N) is 2. The Bertz CT molecular complexity index is 855. The Kier molecular flexibility index (Phi) is 12.9. The van der Waals surface area contributed by atoms with Crippen molar-refractivity contribution in [2.75, 3.05) is 0 Å². The van der Waals surface area contributed by atoms with Crippen LogP contribution in [0.2, 0.25) is 0 Å². The van der Waals surface area contributed by atoms with Crippen molar-refractivity contribution in [1.29, 1.82) is 0 Å². The van der Waals surface area contributed by atoms with E-state index in [9.17, 15) is 0 Å². The number of hydrogen-bond donors (Lipinski definition) is 0. The molecule has 0 amide bonds. The zero-order valence-electron chi connectivity index (χ0n) is 22.4. The van der Waals surface area contributed by atoms with Gasteiger partial charge in [-0.3, -0.25) is 0 Å². The van der Waals surface area contributed by atoms with Crippen molar-refractivity contribution in [2.24, 2.45) is 16.1 Å². The number of hydrogen-bond acceptors (Lipinski definition) is 2. The highest BCUT2D eigenvalue weighted by Crippen LogP contribution is 2.37. The number of aryl methyl sites for hydroxylation is 1. The molecule has 1 aliphatic rings. The average molecular weight is 473 g/mol. The van der Waals surface area contributed by atoms with Crippen LogP contribution in [0.15, 0.2) is 58.7 Å². The maximum atomic E-state index is 4.28. The van der Waals surface area contributed by atoms with Crippen LogP contribution in [-0.4, -0.2) is 12.4 Å². The largest absolute Gasteiger partial charge is 0.159 e. The van der Waals surface area contributed by atoms with Gasteiger partial charge >= 0.3 is 0 Å². The summed E-state index contributed by atoms with van der Waals surface area (Å²) in [5, 5.41) is 8.54. The van der Waals surface area contributed by atoms with E-state index >= 15 is 0 Å². The van der Waals surface area contributed by atoms with Gasteiger partial charge in [-0.05, 0) is 72.6 Å². The van der Waals surface area contributed by atoms with Crippen LogP contribution in [0.25, 0.3) is 0 Å². The van der Waals surface area contributed by atoms with Crippen LogP contribution < -0.4 is 0 Å². The lowest BCUT2D eigenvalue weighted by molar-refractivity contribution is 0.302. The molecule has 1 fully saturated rings. The molecule has 0 bridgehead atoms. The molecule has 2 heteroatoms. The van der Waals surface area contributed by atoms with E-state index in [4.69, 9.17) is 0 Å². The van der Waals surface area contributed by atoms with E-state index in [2.05, 4.69) is 72.6 Å². The number of benzene rings is 2. The fourth-order valence-corrected chi connectivity index (χ4v) is 5.40. The molecule has 2 aromatic carbocycles. The van der Waals surface area contributed by atoms with Crippen molar-refractivity contribution in [3.63, 3.8) is 0 Å². The monoisotopic (exact) mass is 472 g/mol. The molecule has 0 radical (unpaired) electrons. The van der Waals surface area contributed by atoms with Crippen molar-refractivity contribution in [2.45, 2.75) is 116 Å². The predicted molar refractivity (Wildman–Crippen MR) is 154 cm³/mol. The van der Waals surface area contributed by atoms with E-state index in [-0.39, 0.29) is 0 Å². The van der Waals surface area contributed by atoms with Crippen molar-refractivity contribution in [1.82, 2.24) is 0 Å². The second-order valence-corrected chi connectivity index (χ2v) is 10.6. The van der Waals surface area contributed by atoms with E-state index in [0.717, 1.165) is 23.0 Å². The summed E-state index contributed by atoms with van der Waals surface area (Å²) in [4.78, 5) is 0. The lowest BCUT2D eigenvalue weighted by Gasteiger charge is -2.29. The Morgan fingerprint density at radius 3 is 1.77 bits per heavy atom. The highest BCUT2D eigenvalue weighted by molar-refractivity contribution is 5.82. The predicted octanol–water partition coefficient (Wildman–Crippen LogP) is 9.90. The highest BCUT2D eigenvalue weighted by Gasteiger charge is 2.21. The van der Waals surface area contributed by atoms with Crippen molar-refractivity contribution in [3.05, 3.63) is 70.8 Å². The molecule has 1 aliphatic carbocycles. The van der Waals surface area contributed by atoms with Gasteiger partial charge in [0.25, 0.3) is 0 Å². The second kappa shape index (κ2) is 16.5. The van der Waals surface area contributed by atoms with Crippen LogP contribution in [0, 0.1) is 5.92 Å². The molecule has 3 rings (SSSR count). The van der Waals surface area contributed by atoms with Crippen LogP contribution in [0.1, 0.15) is 132 Å². The molecule has 0 heterocycles. The van der Waals surface area contributed by atoms with E-state index in [1.165, 1.54) is 107 Å². The van der Waals surface area contributed by atoms with E-state index < -0.39 is 0 Å². The minimum Gasteiger partial charge on any atom is -0.159 e. The van der Waals surface area contributed by atoms with Crippen LogP contribution >= 0.6 is 0 Å². The lowest BCUT2D eigenvalue weighted by atomic mass is 9.77. The molecule has 0 saturated heterocycles. The van der Waals surface area contributed by atoms with Crippen molar-refractivity contribution in [3.8, 4) is 0 Å². The van der Waals surface area contributed by atoms with Crippen LogP contribution in [0.4, 0.5) is 0 Å². The van der Waals surface area contributed by atoms with E-state index in [0.29, 0.717) is 0 Å². The lowest BCUT2D eigenvalue weighted by Crippen LogP contribution is -2.13. The smallest absolute Gasteiger partial charge is 0.0568 e. The highest BCUT2D eigenvalue weighted by atomic mass is 15.2. The Hall–Kier alpha value is -2.22. The van der Waals surface area contributed by atoms with Gasteiger partial charge in [0.15, 0.2) is 0 Å². The summed E-state index contributed by atoms with van der Waals surface area (Å²) in [6.07, 6.45) is 24.1. The van der Waals surface area contributed by atoms with Gasteiger partial charge < -0.3 is 0 Å². The van der Waals surface area contributed by atoms with Crippen LogP contribution in [0.3, 0.4) is 0 Å². The summed E-state index contributed by atoms with van der Waals surface area (Å²) >= 11 is 0. The molecule has 0 spiro atoms.